The smallest absolute Gasteiger partial charge is 0.249 e. The van der Waals surface area contributed by atoms with Crippen molar-refractivity contribution in [2.75, 3.05) is 6.54 Å². The van der Waals surface area contributed by atoms with Crippen molar-refractivity contribution in [1.82, 2.24) is 25.5 Å². The van der Waals surface area contributed by atoms with E-state index < -0.39 is 6.04 Å². The van der Waals surface area contributed by atoms with Crippen LogP contribution in [0, 0.1) is 0 Å². The topological polar surface area (TPSA) is 72.7 Å². The number of hydrogen-bond donors (Lipinski definition) is 1. The van der Waals surface area contributed by atoms with Gasteiger partial charge in [-0.25, -0.2) is 4.68 Å². The molecule has 1 N–H and O–H groups in total. The fraction of sp³-hybridized carbons (Fsp3) is 0.412. The first-order valence-corrected chi connectivity index (χ1v) is 8.07. The SMILES string of the molecule is O=C(NCCC1=CCCCC1)C(c1ccccc1)n1cnnn1. The molecule has 0 bridgehead atoms. The molecule has 1 heterocycles. The van der Waals surface area contributed by atoms with Crippen LogP contribution in [0.4, 0.5) is 0 Å². The number of rotatable bonds is 6. The van der Waals surface area contributed by atoms with E-state index in [4.69, 9.17) is 0 Å². The molecule has 2 aromatic rings. The molecular formula is C17H21N5O. The average molecular weight is 311 g/mol. The van der Waals surface area contributed by atoms with E-state index in [1.165, 1.54) is 35.8 Å². The summed E-state index contributed by atoms with van der Waals surface area (Å²) < 4.78 is 1.49. The Kier molecular flexibility index (Phi) is 5.13. The van der Waals surface area contributed by atoms with E-state index in [0.717, 1.165) is 18.4 Å². The summed E-state index contributed by atoms with van der Waals surface area (Å²) in [6.07, 6.45) is 9.57. The van der Waals surface area contributed by atoms with Gasteiger partial charge < -0.3 is 5.32 Å². The number of benzene rings is 1. The summed E-state index contributed by atoms with van der Waals surface area (Å²) in [7, 11) is 0. The summed E-state index contributed by atoms with van der Waals surface area (Å²) in [6, 6.07) is 9.03. The van der Waals surface area contributed by atoms with Crippen LogP contribution in [0.2, 0.25) is 0 Å². The van der Waals surface area contributed by atoms with Crippen molar-refractivity contribution >= 4 is 5.91 Å². The summed E-state index contributed by atoms with van der Waals surface area (Å²) in [5.74, 6) is -0.0834. The lowest BCUT2D eigenvalue weighted by atomic mass is 9.97. The van der Waals surface area contributed by atoms with Gasteiger partial charge in [0.25, 0.3) is 0 Å². The van der Waals surface area contributed by atoms with E-state index >= 15 is 0 Å². The lowest BCUT2D eigenvalue weighted by molar-refractivity contribution is -0.123. The summed E-state index contributed by atoms with van der Waals surface area (Å²) in [5, 5.41) is 14.2. The molecule has 1 aromatic carbocycles. The zero-order chi connectivity index (χ0) is 15.9. The van der Waals surface area contributed by atoms with Gasteiger partial charge in [-0.05, 0) is 48.1 Å². The second kappa shape index (κ2) is 7.67. The van der Waals surface area contributed by atoms with Gasteiger partial charge in [0.1, 0.15) is 6.33 Å². The van der Waals surface area contributed by atoms with Crippen molar-refractivity contribution in [3.05, 3.63) is 53.9 Å². The average Bonchev–Trinajstić information content (AvgIpc) is 3.11. The third-order valence-electron chi connectivity index (χ3n) is 4.12. The molecule has 1 atom stereocenters. The lowest BCUT2D eigenvalue weighted by Gasteiger charge is -2.17. The Morgan fingerprint density at radius 3 is 2.83 bits per heavy atom. The third kappa shape index (κ3) is 4.03. The van der Waals surface area contributed by atoms with Crippen LogP contribution in [0.15, 0.2) is 48.3 Å². The number of allylic oxidation sites excluding steroid dienone is 1. The maximum Gasteiger partial charge on any atom is 0.249 e. The summed E-state index contributed by atoms with van der Waals surface area (Å²) >= 11 is 0. The summed E-state index contributed by atoms with van der Waals surface area (Å²) in [6.45, 7) is 0.649. The van der Waals surface area contributed by atoms with Crippen LogP contribution in [0.3, 0.4) is 0 Å². The Morgan fingerprint density at radius 1 is 1.26 bits per heavy atom. The van der Waals surface area contributed by atoms with Gasteiger partial charge in [-0.2, -0.15) is 0 Å². The molecule has 120 valence electrons. The lowest BCUT2D eigenvalue weighted by Crippen LogP contribution is -2.34. The first-order valence-electron chi connectivity index (χ1n) is 8.07. The Labute approximate surface area is 135 Å². The standard InChI is InChI=1S/C17H21N5O/c23-17(18-12-11-14-7-3-1-4-8-14)16(22-13-19-20-21-22)15-9-5-2-6-10-15/h2,5-7,9-10,13,16H,1,3-4,8,11-12H2,(H,18,23). The number of nitrogens with zero attached hydrogens (tertiary/aromatic N) is 4. The zero-order valence-electron chi connectivity index (χ0n) is 13.1. The minimum Gasteiger partial charge on any atom is -0.354 e. The molecule has 23 heavy (non-hydrogen) atoms. The van der Waals surface area contributed by atoms with Gasteiger partial charge in [0.05, 0.1) is 0 Å². The molecule has 6 heteroatoms. The molecule has 1 aliphatic rings. The van der Waals surface area contributed by atoms with Gasteiger partial charge in [-0.1, -0.05) is 42.0 Å². The van der Waals surface area contributed by atoms with Crippen LogP contribution in [-0.2, 0) is 4.79 Å². The highest BCUT2D eigenvalue weighted by atomic mass is 16.2. The number of aromatic nitrogens is 4. The highest BCUT2D eigenvalue weighted by Crippen LogP contribution is 2.20. The molecule has 3 rings (SSSR count). The van der Waals surface area contributed by atoms with Crippen molar-refractivity contribution in [1.29, 1.82) is 0 Å². The van der Waals surface area contributed by atoms with Crippen LogP contribution in [0.5, 0.6) is 0 Å². The Balaban J connectivity index is 1.65. The minimum absolute atomic E-state index is 0.0834. The fourth-order valence-corrected chi connectivity index (χ4v) is 2.92. The van der Waals surface area contributed by atoms with Crippen LogP contribution in [0.25, 0.3) is 0 Å². The molecule has 0 saturated carbocycles. The van der Waals surface area contributed by atoms with E-state index in [9.17, 15) is 4.79 Å². The minimum atomic E-state index is -0.536. The second-order valence-electron chi connectivity index (χ2n) is 5.75. The number of hydrogen-bond acceptors (Lipinski definition) is 4. The molecule has 0 fully saturated rings. The van der Waals surface area contributed by atoms with Crippen LogP contribution in [-0.4, -0.2) is 32.7 Å². The number of nitrogens with one attached hydrogen (secondary N) is 1. The zero-order valence-corrected chi connectivity index (χ0v) is 13.1. The van der Waals surface area contributed by atoms with Crippen molar-refractivity contribution in [2.45, 2.75) is 38.1 Å². The molecule has 1 aliphatic carbocycles. The number of carbonyl (C=O) groups excluding carboxylic acids is 1. The normalized spacial score (nSPS) is 15.7. The molecule has 1 unspecified atom stereocenters. The number of carbonyl (C=O) groups is 1. The first kappa shape index (κ1) is 15.4. The summed E-state index contributed by atoms with van der Waals surface area (Å²) in [5.41, 5.74) is 2.32. The molecule has 6 nitrogen and oxygen atoms in total. The van der Waals surface area contributed by atoms with E-state index in [2.05, 4.69) is 26.9 Å². The predicted molar refractivity (Wildman–Crippen MR) is 86.6 cm³/mol. The third-order valence-corrected chi connectivity index (χ3v) is 4.12. The maximum atomic E-state index is 12.6. The fourth-order valence-electron chi connectivity index (χ4n) is 2.92. The number of amides is 1. The Bertz CT molecular complexity index is 651. The monoisotopic (exact) mass is 311 g/mol. The quantitative estimate of drug-likeness (QED) is 0.831. The van der Waals surface area contributed by atoms with Gasteiger partial charge in [-0.15, -0.1) is 5.10 Å². The second-order valence-corrected chi connectivity index (χ2v) is 5.75. The highest BCUT2D eigenvalue weighted by Gasteiger charge is 2.23. The summed E-state index contributed by atoms with van der Waals surface area (Å²) in [4.78, 5) is 12.6. The maximum absolute atomic E-state index is 12.6. The van der Waals surface area contributed by atoms with E-state index in [1.807, 2.05) is 30.3 Å². The first-order chi connectivity index (χ1) is 11.3. The van der Waals surface area contributed by atoms with E-state index in [-0.39, 0.29) is 5.91 Å². The predicted octanol–water partition coefficient (Wildman–Crippen LogP) is 2.27. The Morgan fingerprint density at radius 2 is 2.13 bits per heavy atom. The molecule has 1 amide bonds. The van der Waals surface area contributed by atoms with Crippen molar-refractivity contribution in [3.63, 3.8) is 0 Å². The van der Waals surface area contributed by atoms with Gasteiger partial charge in [0.2, 0.25) is 5.91 Å². The van der Waals surface area contributed by atoms with Gasteiger partial charge in [0, 0.05) is 6.54 Å². The molecule has 0 aliphatic heterocycles. The van der Waals surface area contributed by atoms with Gasteiger partial charge in [-0.3, -0.25) is 4.79 Å². The highest BCUT2D eigenvalue weighted by molar-refractivity contribution is 5.83. The molecule has 0 spiro atoms. The van der Waals surface area contributed by atoms with Crippen molar-refractivity contribution < 1.29 is 4.79 Å². The van der Waals surface area contributed by atoms with E-state index in [1.54, 1.807) is 0 Å². The van der Waals surface area contributed by atoms with Crippen LogP contribution >= 0.6 is 0 Å². The van der Waals surface area contributed by atoms with Crippen LogP contribution in [0.1, 0.15) is 43.7 Å². The van der Waals surface area contributed by atoms with Crippen LogP contribution < -0.4 is 5.32 Å². The molecular weight excluding hydrogens is 290 g/mol. The largest absolute Gasteiger partial charge is 0.354 e. The van der Waals surface area contributed by atoms with Crippen molar-refractivity contribution in [3.8, 4) is 0 Å². The Hall–Kier alpha value is -2.50. The molecule has 0 saturated heterocycles. The van der Waals surface area contributed by atoms with E-state index in [0.29, 0.717) is 6.54 Å². The molecule has 0 radical (unpaired) electrons. The van der Waals surface area contributed by atoms with Gasteiger partial charge in [0.15, 0.2) is 6.04 Å². The van der Waals surface area contributed by atoms with Crippen molar-refractivity contribution in [2.24, 2.45) is 0 Å². The van der Waals surface area contributed by atoms with Gasteiger partial charge >= 0.3 is 0 Å². The number of tetrazole rings is 1. The molecule has 1 aromatic heterocycles.